The molecule has 0 saturated heterocycles. The predicted octanol–water partition coefficient (Wildman–Crippen LogP) is 3.19. The SMILES string of the molecule is C#CCOc1ccc(CCNC(=O)C(OCC#C)C(C)c2ccccc2)cc1OC. The molecule has 0 saturated carbocycles. The first kappa shape index (κ1) is 22.9. The maximum atomic E-state index is 12.8. The number of carbonyl (C=O) groups excluding carboxylic acids is 1. The average Bonchev–Trinajstić information content (AvgIpc) is 2.78. The van der Waals surface area contributed by atoms with Gasteiger partial charge in [-0.05, 0) is 29.7 Å². The summed E-state index contributed by atoms with van der Waals surface area (Å²) in [5.41, 5.74) is 2.01. The Hall–Kier alpha value is -3.41. The summed E-state index contributed by atoms with van der Waals surface area (Å²) in [6.45, 7) is 2.65. The molecule has 30 heavy (non-hydrogen) atoms. The summed E-state index contributed by atoms with van der Waals surface area (Å²) in [6.07, 6.45) is 10.5. The molecule has 0 bridgehead atoms. The van der Waals surface area contributed by atoms with Crippen molar-refractivity contribution in [2.75, 3.05) is 26.9 Å². The molecule has 2 aromatic carbocycles. The lowest BCUT2D eigenvalue weighted by Gasteiger charge is -2.23. The molecule has 0 heterocycles. The number of hydrogen-bond acceptors (Lipinski definition) is 4. The van der Waals surface area contributed by atoms with Crippen molar-refractivity contribution in [3.8, 4) is 36.2 Å². The molecule has 0 fully saturated rings. The van der Waals surface area contributed by atoms with E-state index in [0.29, 0.717) is 24.5 Å². The fourth-order valence-corrected chi connectivity index (χ4v) is 3.05. The second-order valence-corrected chi connectivity index (χ2v) is 6.65. The Bertz CT molecular complexity index is 896. The number of carbonyl (C=O) groups is 1. The molecule has 0 aliphatic heterocycles. The molecule has 5 nitrogen and oxygen atoms in total. The first-order chi connectivity index (χ1) is 14.6. The fourth-order valence-electron chi connectivity index (χ4n) is 3.05. The summed E-state index contributed by atoms with van der Waals surface area (Å²) in [4.78, 5) is 12.8. The molecule has 2 unspecified atom stereocenters. The molecular weight excluding hydrogens is 378 g/mol. The Balaban J connectivity index is 1.98. The summed E-state index contributed by atoms with van der Waals surface area (Å²) >= 11 is 0. The quantitative estimate of drug-likeness (QED) is 0.584. The number of terminal acetylenes is 2. The van der Waals surface area contributed by atoms with E-state index in [1.165, 1.54) is 0 Å². The van der Waals surface area contributed by atoms with Gasteiger partial charge >= 0.3 is 0 Å². The molecule has 0 aliphatic rings. The minimum Gasteiger partial charge on any atom is -0.493 e. The largest absolute Gasteiger partial charge is 0.493 e. The number of nitrogens with one attached hydrogen (secondary N) is 1. The molecular formula is C25H27NO4. The van der Waals surface area contributed by atoms with Gasteiger partial charge < -0.3 is 19.5 Å². The highest BCUT2D eigenvalue weighted by atomic mass is 16.5. The average molecular weight is 405 g/mol. The number of benzene rings is 2. The molecule has 0 aromatic heterocycles. The van der Waals surface area contributed by atoms with Crippen LogP contribution in [0.3, 0.4) is 0 Å². The zero-order valence-corrected chi connectivity index (χ0v) is 17.4. The second kappa shape index (κ2) is 12.2. The first-order valence-corrected chi connectivity index (χ1v) is 9.71. The van der Waals surface area contributed by atoms with Crippen LogP contribution in [0.2, 0.25) is 0 Å². The van der Waals surface area contributed by atoms with Gasteiger partial charge in [0.05, 0.1) is 7.11 Å². The van der Waals surface area contributed by atoms with Crippen LogP contribution in [0.5, 0.6) is 11.5 Å². The Morgan fingerprint density at radius 2 is 1.80 bits per heavy atom. The molecule has 0 spiro atoms. The summed E-state index contributed by atoms with van der Waals surface area (Å²) in [7, 11) is 1.57. The van der Waals surface area contributed by atoms with Gasteiger partial charge in [0.25, 0.3) is 0 Å². The lowest BCUT2D eigenvalue weighted by Crippen LogP contribution is -2.40. The Morgan fingerprint density at radius 1 is 1.07 bits per heavy atom. The topological polar surface area (TPSA) is 56.8 Å². The molecule has 2 rings (SSSR count). The molecule has 2 atom stereocenters. The third-order valence-corrected chi connectivity index (χ3v) is 4.64. The number of hydrogen-bond donors (Lipinski definition) is 1. The minimum absolute atomic E-state index is 0.0750. The highest BCUT2D eigenvalue weighted by molar-refractivity contribution is 5.82. The van der Waals surface area contributed by atoms with Crippen molar-refractivity contribution in [2.45, 2.75) is 25.4 Å². The van der Waals surface area contributed by atoms with Crippen LogP contribution in [0.4, 0.5) is 0 Å². The van der Waals surface area contributed by atoms with E-state index in [0.717, 1.165) is 11.1 Å². The monoisotopic (exact) mass is 405 g/mol. The van der Waals surface area contributed by atoms with Gasteiger partial charge in [-0.15, -0.1) is 12.8 Å². The van der Waals surface area contributed by atoms with Crippen molar-refractivity contribution in [1.82, 2.24) is 5.32 Å². The highest BCUT2D eigenvalue weighted by Gasteiger charge is 2.26. The number of rotatable bonds is 11. The molecule has 0 radical (unpaired) electrons. The zero-order chi connectivity index (χ0) is 21.8. The van der Waals surface area contributed by atoms with Crippen molar-refractivity contribution >= 4 is 5.91 Å². The van der Waals surface area contributed by atoms with Crippen LogP contribution in [-0.4, -0.2) is 38.9 Å². The van der Waals surface area contributed by atoms with Crippen molar-refractivity contribution in [3.05, 3.63) is 59.7 Å². The van der Waals surface area contributed by atoms with E-state index in [1.807, 2.05) is 55.5 Å². The number of methoxy groups -OCH3 is 1. The maximum Gasteiger partial charge on any atom is 0.249 e. The third kappa shape index (κ3) is 6.58. The van der Waals surface area contributed by atoms with Gasteiger partial charge in [0, 0.05) is 12.5 Å². The fraction of sp³-hybridized carbons (Fsp3) is 0.320. The molecule has 1 amide bonds. The van der Waals surface area contributed by atoms with Gasteiger partial charge in [-0.25, -0.2) is 0 Å². The number of ether oxygens (including phenoxy) is 3. The minimum atomic E-state index is -0.669. The Kier molecular flexibility index (Phi) is 9.31. The standard InChI is InChI=1S/C25H27NO4/c1-5-16-29-22-13-12-20(18-23(22)28-4)14-15-26-25(27)24(30-17-6-2)19(3)21-10-8-7-9-11-21/h1-2,7-13,18-19,24H,14-17H2,3-4H3,(H,26,27). The van der Waals surface area contributed by atoms with E-state index in [2.05, 4.69) is 17.2 Å². The van der Waals surface area contributed by atoms with E-state index in [1.54, 1.807) is 7.11 Å². The molecule has 2 aromatic rings. The van der Waals surface area contributed by atoms with E-state index in [-0.39, 0.29) is 25.0 Å². The molecule has 5 heteroatoms. The highest BCUT2D eigenvalue weighted by Crippen LogP contribution is 2.28. The first-order valence-electron chi connectivity index (χ1n) is 9.71. The predicted molar refractivity (Wildman–Crippen MR) is 117 cm³/mol. The van der Waals surface area contributed by atoms with Gasteiger partial charge in [-0.2, -0.15) is 0 Å². The summed E-state index contributed by atoms with van der Waals surface area (Å²) in [5.74, 6) is 5.72. The van der Waals surface area contributed by atoms with Crippen LogP contribution < -0.4 is 14.8 Å². The van der Waals surface area contributed by atoms with Crippen LogP contribution in [0.1, 0.15) is 24.0 Å². The van der Waals surface area contributed by atoms with Gasteiger partial charge in [0.1, 0.15) is 19.3 Å². The van der Waals surface area contributed by atoms with E-state index < -0.39 is 6.10 Å². The van der Waals surface area contributed by atoms with Gasteiger partial charge in [0.2, 0.25) is 5.91 Å². The Labute approximate surface area is 178 Å². The van der Waals surface area contributed by atoms with Crippen LogP contribution in [0.15, 0.2) is 48.5 Å². The normalized spacial score (nSPS) is 12.1. The summed E-state index contributed by atoms with van der Waals surface area (Å²) < 4.78 is 16.5. The van der Waals surface area contributed by atoms with E-state index >= 15 is 0 Å². The van der Waals surface area contributed by atoms with E-state index in [9.17, 15) is 4.79 Å². The van der Waals surface area contributed by atoms with Crippen LogP contribution in [0.25, 0.3) is 0 Å². The second-order valence-electron chi connectivity index (χ2n) is 6.65. The van der Waals surface area contributed by atoms with Crippen molar-refractivity contribution in [2.24, 2.45) is 0 Å². The zero-order valence-electron chi connectivity index (χ0n) is 17.4. The lowest BCUT2D eigenvalue weighted by molar-refractivity contribution is -0.133. The van der Waals surface area contributed by atoms with Crippen LogP contribution in [-0.2, 0) is 16.0 Å². The summed E-state index contributed by atoms with van der Waals surface area (Å²) in [6, 6.07) is 15.4. The smallest absolute Gasteiger partial charge is 0.249 e. The van der Waals surface area contributed by atoms with Gasteiger partial charge in [-0.1, -0.05) is 55.2 Å². The van der Waals surface area contributed by atoms with Gasteiger partial charge in [-0.3, -0.25) is 4.79 Å². The maximum absolute atomic E-state index is 12.8. The van der Waals surface area contributed by atoms with Crippen molar-refractivity contribution < 1.29 is 19.0 Å². The third-order valence-electron chi connectivity index (χ3n) is 4.64. The van der Waals surface area contributed by atoms with Crippen LogP contribution >= 0.6 is 0 Å². The summed E-state index contributed by atoms with van der Waals surface area (Å²) in [5, 5.41) is 2.95. The van der Waals surface area contributed by atoms with Gasteiger partial charge in [0.15, 0.2) is 11.5 Å². The molecule has 0 aliphatic carbocycles. The van der Waals surface area contributed by atoms with Crippen molar-refractivity contribution in [3.63, 3.8) is 0 Å². The molecule has 1 N–H and O–H groups in total. The lowest BCUT2D eigenvalue weighted by atomic mass is 9.94. The molecule has 156 valence electrons. The number of amides is 1. The Morgan fingerprint density at radius 3 is 2.47 bits per heavy atom. The van der Waals surface area contributed by atoms with Crippen LogP contribution in [0, 0.1) is 24.7 Å². The van der Waals surface area contributed by atoms with Crippen molar-refractivity contribution in [1.29, 1.82) is 0 Å². The van der Waals surface area contributed by atoms with E-state index in [4.69, 9.17) is 27.1 Å².